The minimum absolute atomic E-state index is 0.569. The Morgan fingerprint density at radius 2 is 2.11 bits per heavy atom. The monoisotopic (exact) mass is 270 g/mol. The molecule has 0 fully saturated rings. The molecule has 5 heteroatoms. The van der Waals surface area contributed by atoms with Crippen molar-refractivity contribution in [1.82, 2.24) is 20.1 Å². The van der Waals surface area contributed by atoms with Gasteiger partial charge in [-0.1, -0.05) is 39.0 Å². The molecule has 0 aliphatic heterocycles. The second-order valence-corrected chi connectivity index (χ2v) is 5.79. The molecular weight excluding hydrogens is 244 g/mol. The number of nitrogens with zero attached hydrogens (tertiary/aromatic N) is 3. The van der Waals surface area contributed by atoms with Gasteiger partial charge >= 0.3 is 0 Å². The van der Waals surface area contributed by atoms with Crippen molar-refractivity contribution >= 4 is 11.8 Å². The predicted octanol–water partition coefficient (Wildman–Crippen LogP) is 2.85. The van der Waals surface area contributed by atoms with Crippen molar-refractivity contribution < 1.29 is 0 Å². The number of nitrogens with one attached hydrogen (secondary N) is 1. The Morgan fingerprint density at radius 1 is 1.33 bits per heavy atom. The van der Waals surface area contributed by atoms with Gasteiger partial charge < -0.3 is 5.32 Å². The topological polar surface area (TPSA) is 42.7 Å². The van der Waals surface area contributed by atoms with E-state index in [9.17, 15) is 0 Å². The minimum Gasteiger partial charge on any atom is -0.313 e. The van der Waals surface area contributed by atoms with E-state index in [1.54, 1.807) is 6.33 Å². The van der Waals surface area contributed by atoms with Crippen LogP contribution in [0.2, 0.25) is 0 Å². The molecule has 0 aromatic carbocycles. The summed E-state index contributed by atoms with van der Waals surface area (Å²) in [7, 11) is 1.95. The summed E-state index contributed by atoms with van der Waals surface area (Å²) in [4.78, 5) is 4.31. The van der Waals surface area contributed by atoms with Gasteiger partial charge in [0.05, 0.1) is 0 Å². The lowest BCUT2D eigenvalue weighted by Gasteiger charge is -2.26. The van der Waals surface area contributed by atoms with Crippen molar-refractivity contribution in [3.8, 4) is 0 Å². The maximum Gasteiger partial charge on any atom is 0.186 e. The van der Waals surface area contributed by atoms with Crippen LogP contribution < -0.4 is 5.32 Å². The molecular formula is C13H26N4S. The second kappa shape index (κ2) is 8.53. The van der Waals surface area contributed by atoms with Gasteiger partial charge in [-0.3, -0.25) is 0 Å². The summed E-state index contributed by atoms with van der Waals surface area (Å²) in [5, 5.41) is 9.39. The summed E-state index contributed by atoms with van der Waals surface area (Å²) < 4.78 is 1.86. The lowest BCUT2D eigenvalue weighted by Crippen LogP contribution is -2.38. The van der Waals surface area contributed by atoms with Crippen LogP contribution in [0, 0.1) is 0 Å². The van der Waals surface area contributed by atoms with E-state index < -0.39 is 0 Å². The molecule has 18 heavy (non-hydrogen) atoms. The molecule has 104 valence electrons. The van der Waals surface area contributed by atoms with E-state index in [2.05, 4.69) is 36.2 Å². The number of thioether (sulfide) groups is 1. The van der Waals surface area contributed by atoms with Crippen molar-refractivity contribution in [2.24, 2.45) is 7.05 Å². The van der Waals surface area contributed by atoms with E-state index in [0.29, 0.717) is 11.3 Å². The summed E-state index contributed by atoms with van der Waals surface area (Å²) in [6.45, 7) is 7.82. The van der Waals surface area contributed by atoms with E-state index >= 15 is 0 Å². The van der Waals surface area contributed by atoms with E-state index in [1.807, 2.05) is 23.5 Å². The molecule has 0 aliphatic carbocycles. The molecule has 2 unspecified atom stereocenters. The van der Waals surface area contributed by atoms with Crippen molar-refractivity contribution in [2.75, 3.05) is 6.54 Å². The van der Waals surface area contributed by atoms with Crippen LogP contribution in [0.25, 0.3) is 0 Å². The van der Waals surface area contributed by atoms with Crippen molar-refractivity contribution in [1.29, 1.82) is 0 Å². The Labute approximate surface area is 115 Å². The van der Waals surface area contributed by atoms with Gasteiger partial charge in [0.25, 0.3) is 0 Å². The van der Waals surface area contributed by atoms with E-state index in [1.165, 1.54) is 19.3 Å². The number of aryl methyl sites for hydroxylation is 1. The second-order valence-electron chi connectivity index (χ2n) is 4.58. The molecule has 0 aliphatic rings. The highest BCUT2D eigenvalue weighted by Gasteiger charge is 2.21. The SMILES string of the molecule is CCCNC(CCC)C(CC)Sc1ncnn1C. The number of hydrogen-bond donors (Lipinski definition) is 1. The molecule has 0 spiro atoms. The Morgan fingerprint density at radius 3 is 2.61 bits per heavy atom. The van der Waals surface area contributed by atoms with E-state index in [0.717, 1.165) is 18.1 Å². The van der Waals surface area contributed by atoms with Crippen LogP contribution in [0.3, 0.4) is 0 Å². The molecule has 1 rings (SSSR count). The first-order valence-corrected chi connectivity index (χ1v) is 7.84. The fourth-order valence-corrected chi connectivity index (χ4v) is 3.18. The normalized spacial score (nSPS) is 14.7. The number of hydrogen-bond acceptors (Lipinski definition) is 4. The summed E-state index contributed by atoms with van der Waals surface area (Å²) in [6, 6.07) is 0.571. The highest BCUT2D eigenvalue weighted by molar-refractivity contribution is 7.99. The predicted molar refractivity (Wildman–Crippen MR) is 77.9 cm³/mol. The van der Waals surface area contributed by atoms with Gasteiger partial charge in [0.2, 0.25) is 0 Å². The van der Waals surface area contributed by atoms with Crippen molar-refractivity contribution in [3.63, 3.8) is 0 Å². The van der Waals surface area contributed by atoms with Crippen LogP contribution in [0.5, 0.6) is 0 Å². The first-order chi connectivity index (χ1) is 8.72. The Hall–Kier alpha value is -0.550. The summed E-state index contributed by atoms with van der Waals surface area (Å²) in [5.41, 5.74) is 0. The summed E-state index contributed by atoms with van der Waals surface area (Å²) in [5.74, 6) is 0. The van der Waals surface area contributed by atoms with Gasteiger partial charge in [0.15, 0.2) is 5.16 Å². The number of aromatic nitrogens is 3. The standard InChI is InChI=1S/C13H26N4S/c1-5-8-11(14-9-6-2)12(7-3)18-13-15-10-16-17(13)4/h10-12,14H,5-9H2,1-4H3. The summed E-state index contributed by atoms with van der Waals surface area (Å²) in [6.07, 6.45) is 6.41. The van der Waals surface area contributed by atoms with Gasteiger partial charge in [0.1, 0.15) is 6.33 Å². The highest BCUT2D eigenvalue weighted by atomic mass is 32.2. The zero-order valence-electron chi connectivity index (χ0n) is 12.0. The quantitative estimate of drug-likeness (QED) is 0.701. The molecule has 0 bridgehead atoms. The van der Waals surface area contributed by atoms with Crippen LogP contribution in [0.15, 0.2) is 11.5 Å². The Balaban J connectivity index is 2.63. The van der Waals surface area contributed by atoms with Crippen molar-refractivity contribution in [3.05, 3.63) is 6.33 Å². The zero-order chi connectivity index (χ0) is 13.4. The fraction of sp³-hybridized carbons (Fsp3) is 0.846. The zero-order valence-corrected chi connectivity index (χ0v) is 12.8. The maximum atomic E-state index is 4.31. The minimum atomic E-state index is 0.569. The van der Waals surface area contributed by atoms with E-state index in [-0.39, 0.29) is 0 Å². The van der Waals surface area contributed by atoms with Gasteiger partial charge in [-0.2, -0.15) is 5.10 Å². The molecule has 2 atom stereocenters. The molecule has 0 amide bonds. The van der Waals surface area contributed by atoms with Gasteiger partial charge in [-0.15, -0.1) is 0 Å². The van der Waals surface area contributed by atoms with Crippen LogP contribution in [0.4, 0.5) is 0 Å². The molecule has 1 N–H and O–H groups in total. The van der Waals surface area contributed by atoms with Crippen molar-refractivity contribution in [2.45, 2.75) is 62.9 Å². The Bertz CT molecular complexity index is 327. The lowest BCUT2D eigenvalue weighted by atomic mass is 10.1. The molecule has 1 aromatic rings. The first kappa shape index (κ1) is 15.5. The smallest absolute Gasteiger partial charge is 0.186 e. The molecule has 0 saturated heterocycles. The molecule has 0 radical (unpaired) electrons. The largest absolute Gasteiger partial charge is 0.313 e. The molecule has 4 nitrogen and oxygen atoms in total. The molecule has 1 heterocycles. The third-order valence-electron chi connectivity index (χ3n) is 3.03. The van der Waals surface area contributed by atoms with E-state index in [4.69, 9.17) is 0 Å². The molecule has 1 aromatic heterocycles. The number of rotatable bonds is 9. The summed E-state index contributed by atoms with van der Waals surface area (Å²) >= 11 is 1.85. The third-order valence-corrected chi connectivity index (χ3v) is 4.58. The fourth-order valence-electron chi connectivity index (χ4n) is 2.04. The average Bonchev–Trinajstić information content (AvgIpc) is 2.77. The first-order valence-electron chi connectivity index (χ1n) is 6.96. The van der Waals surface area contributed by atoms with Crippen LogP contribution in [0.1, 0.15) is 46.5 Å². The molecule has 0 saturated carbocycles. The van der Waals surface area contributed by atoms with Gasteiger partial charge in [-0.05, 0) is 25.8 Å². The Kier molecular flexibility index (Phi) is 7.35. The van der Waals surface area contributed by atoms with Gasteiger partial charge in [-0.25, -0.2) is 9.67 Å². The van der Waals surface area contributed by atoms with Crippen LogP contribution in [-0.2, 0) is 7.05 Å². The average molecular weight is 270 g/mol. The maximum absolute atomic E-state index is 4.31. The van der Waals surface area contributed by atoms with Crippen LogP contribution in [-0.4, -0.2) is 32.6 Å². The van der Waals surface area contributed by atoms with Crippen LogP contribution >= 0.6 is 11.8 Å². The highest BCUT2D eigenvalue weighted by Crippen LogP contribution is 2.27. The lowest BCUT2D eigenvalue weighted by molar-refractivity contribution is 0.453. The van der Waals surface area contributed by atoms with Gasteiger partial charge in [0, 0.05) is 18.3 Å². The third kappa shape index (κ3) is 4.61.